The second-order valence-electron chi connectivity index (χ2n) is 5.81. The van der Waals surface area contributed by atoms with Crippen molar-refractivity contribution < 1.29 is 9.59 Å². The molecule has 4 nitrogen and oxygen atoms in total. The van der Waals surface area contributed by atoms with Crippen LogP contribution in [0.4, 0.5) is 5.69 Å². The van der Waals surface area contributed by atoms with Gasteiger partial charge in [0, 0.05) is 10.5 Å². The Morgan fingerprint density at radius 3 is 2.62 bits per heavy atom. The molecule has 1 aromatic carbocycles. The summed E-state index contributed by atoms with van der Waals surface area (Å²) >= 11 is 3.38. The van der Waals surface area contributed by atoms with E-state index in [0.717, 1.165) is 17.3 Å². The highest BCUT2D eigenvalue weighted by atomic mass is 79.9. The minimum Gasteiger partial charge on any atom is -0.303 e. The molecule has 1 saturated carbocycles. The minimum atomic E-state index is -0.361. The van der Waals surface area contributed by atoms with Gasteiger partial charge in [-0.3, -0.25) is 9.59 Å². The van der Waals surface area contributed by atoms with E-state index in [0.29, 0.717) is 11.7 Å². The number of carbonyl (C=O) groups is 2. The van der Waals surface area contributed by atoms with E-state index in [4.69, 9.17) is 0 Å². The van der Waals surface area contributed by atoms with Crippen molar-refractivity contribution >= 4 is 33.4 Å². The van der Waals surface area contributed by atoms with Gasteiger partial charge in [0.2, 0.25) is 5.91 Å². The molecule has 0 spiro atoms. The van der Waals surface area contributed by atoms with Gasteiger partial charge in [0.05, 0.1) is 18.2 Å². The van der Waals surface area contributed by atoms with Crippen molar-refractivity contribution in [3.8, 4) is 0 Å². The van der Waals surface area contributed by atoms with Crippen LogP contribution in [0, 0.1) is 0 Å². The summed E-state index contributed by atoms with van der Waals surface area (Å²) < 4.78 is 0.865. The van der Waals surface area contributed by atoms with Crippen LogP contribution in [0.25, 0.3) is 0 Å². The maximum absolute atomic E-state index is 12.5. The summed E-state index contributed by atoms with van der Waals surface area (Å²) in [5.74, 6) is -0.241. The SMILES string of the molecule is O=C1C[C@@H](NC2CCCCC2)C(=O)N1c1cccc(Br)c1. The molecular formula is C16H19BrN2O2. The predicted octanol–water partition coefficient (Wildman–Crippen LogP) is 3.00. The van der Waals surface area contributed by atoms with Gasteiger partial charge >= 0.3 is 0 Å². The van der Waals surface area contributed by atoms with Crippen LogP contribution in [-0.4, -0.2) is 23.9 Å². The van der Waals surface area contributed by atoms with Crippen LogP contribution in [0.5, 0.6) is 0 Å². The van der Waals surface area contributed by atoms with Gasteiger partial charge in [-0.05, 0) is 31.0 Å². The topological polar surface area (TPSA) is 49.4 Å². The molecule has 1 aliphatic carbocycles. The second-order valence-corrected chi connectivity index (χ2v) is 6.72. The lowest BCUT2D eigenvalue weighted by Crippen LogP contribution is -2.44. The molecule has 1 N–H and O–H groups in total. The zero-order valence-corrected chi connectivity index (χ0v) is 13.4. The third kappa shape index (κ3) is 3.19. The Balaban J connectivity index is 1.72. The van der Waals surface area contributed by atoms with Crippen molar-refractivity contribution in [2.75, 3.05) is 4.90 Å². The fourth-order valence-corrected chi connectivity index (χ4v) is 3.59. The van der Waals surface area contributed by atoms with Gasteiger partial charge in [-0.1, -0.05) is 41.3 Å². The van der Waals surface area contributed by atoms with Crippen molar-refractivity contribution in [1.82, 2.24) is 5.32 Å². The van der Waals surface area contributed by atoms with Gasteiger partial charge in [0.1, 0.15) is 0 Å². The molecule has 1 atom stereocenters. The van der Waals surface area contributed by atoms with E-state index in [-0.39, 0.29) is 24.3 Å². The number of hydrogen-bond acceptors (Lipinski definition) is 3. The van der Waals surface area contributed by atoms with Crippen LogP contribution < -0.4 is 10.2 Å². The van der Waals surface area contributed by atoms with Crippen molar-refractivity contribution in [2.45, 2.75) is 50.6 Å². The smallest absolute Gasteiger partial charge is 0.251 e. The molecule has 1 aromatic rings. The van der Waals surface area contributed by atoms with Gasteiger partial charge < -0.3 is 5.32 Å². The summed E-state index contributed by atoms with van der Waals surface area (Å²) in [6.07, 6.45) is 6.18. The van der Waals surface area contributed by atoms with Gasteiger partial charge in [-0.2, -0.15) is 0 Å². The highest BCUT2D eigenvalue weighted by molar-refractivity contribution is 9.10. The first-order valence-corrected chi connectivity index (χ1v) is 8.33. The molecule has 21 heavy (non-hydrogen) atoms. The van der Waals surface area contributed by atoms with Crippen molar-refractivity contribution in [2.24, 2.45) is 0 Å². The average molecular weight is 351 g/mol. The number of rotatable bonds is 3. The fraction of sp³-hybridized carbons (Fsp3) is 0.500. The summed E-state index contributed by atoms with van der Waals surface area (Å²) in [5, 5.41) is 3.39. The molecule has 1 aliphatic heterocycles. The van der Waals surface area contributed by atoms with Crippen LogP contribution in [0.2, 0.25) is 0 Å². The molecule has 0 unspecified atom stereocenters. The highest BCUT2D eigenvalue weighted by Gasteiger charge is 2.40. The first kappa shape index (κ1) is 14.7. The van der Waals surface area contributed by atoms with Gasteiger partial charge in [0.15, 0.2) is 0 Å². The number of imide groups is 1. The second kappa shape index (κ2) is 6.28. The number of halogens is 1. The third-order valence-electron chi connectivity index (χ3n) is 4.26. The van der Waals surface area contributed by atoms with E-state index in [1.54, 1.807) is 12.1 Å². The molecule has 0 aromatic heterocycles. The maximum Gasteiger partial charge on any atom is 0.251 e. The number of anilines is 1. The number of nitrogens with zero attached hydrogens (tertiary/aromatic N) is 1. The van der Waals surface area contributed by atoms with E-state index in [2.05, 4.69) is 21.2 Å². The van der Waals surface area contributed by atoms with Crippen LogP contribution in [0.15, 0.2) is 28.7 Å². The van der Waals surface area contributed by atoms with Gasteiger partial charge in [0.25, 0.3) is 5.91 Å². The first-order valence-electron chi connectivity index (χ1n) is 7.53. The lowest BCUT2D eigenvalue weighted by Gasteiger charge is -2.25. The van der Waals surface area contributed by atoms with E-state index >= 15 is 0 Å². The van der Waals surface area contributed by atoms with Crippen LogP contribution >= 0.6 is 15.9 Å². The largest absolute Gasteiger partial charge is 0.303 e. The Labute approximate surface area is 133 Å². The molecule has 2 amide bonds. The zero-order valence-electron chi connectivity index (χ0n) is 11.8. The lowest BCUT2D eigenvalue weighted by atomic mass is 9.95. The maximum atomic E-state index is 12.5. The summed E-state index contributed by atoms with van der Waals surface area (Å²) in [6.45, 7) is 0. The van der Waals surface area contributed by atoms with E-state index < -0.39 is 0 Å². The zero-order chi connectivity index (χ0) is 14.8. The number of nitrogens with one attached hydrogen (secondary N) is 1. The van der Waals surface area contributed by atoms with Crippen molar-refractivity contribution in [3.05, 3.63) is 28.7 Å². The minimum absolute atomic E-state index is 0.119. The Kier molecular flexibility index (Phi) is 4.40. The summed E-state index contributed by atoms with van der Waals surface area (Å²) in [4.78, 5) is 26.0. The lowest BCUT2D eigenvalue weighted by molar-refractivity contribution is -0.121. The molecule has 1 saturated heterocycles. The molecule has 5 heteroatoms. The molecule has 112 valence electrons. The standard InChI is InChI=1S/C16H19BrN2O2/c17-11-5-4-8-13(9-11)19-15(20)10-14(16(19)21)18-12-6-2-1-3-7-12/h4-5,8-9,12,14,18H,1-3,6-7,10H2/t14-/m1/s1. The van der Waals surface area contributed by atoms with E-state index in [1.807, 2.05) is 12.1 Å². The summed E-state index contributed by atoms with van der Waals surface area (Å²) in [6, 6.07) is 7.33. The van der Waals surface area contributed by atoms with E-state index in [9.17, 15) is 9.59 Å². The highest BCUT2D eigenvalue weighted by Crippen LogP contribution is 2.27. The number of amides is 2. The van der Waals surface area contributed by atoms with E-state index in [1.165, 1.54) is 24.2 Å². The molecule has 0 bridgehead atoms. The van der Waals surface area contributed by atoms with Gasteiger partial charge in [-0.25, -0.2) is 4.90 Å². The van der Waals surface area contributed by atoms with Crippen LogP contribution in [-0.2, 0) is 9.59 Å². The Morgan fingerprint density at radius 1 is 1.14 bits per heavy atom. The van der Waals surface area contributed by atoms with Crippen molar-refractivity contribution in [3.63, 3.8) is 0 Å². The monoisotopic (exact) mass is 350 g/mol. The first-order chi connectivity index (χ1) is 10.1. The Bertz CT molecular complexity index is 555. The van der Waals surface area contributed by atoms with Gasteiger partial charge in [-0.15, -0.1) is 0 Å². The predicted molar refractivity (Wildman–Crippen MR) is 85.0 cm³/mol. The molecule has 2 fully saturated rings. The van der Waals surface area contributed by atoms with Crippen molar-refractivity contribution in [1.29, 1.82) is 0 Å². The Hall–Kier alpha value is -1.20. The third-order valence-corrected chi connectivity index (χ3v) is 4.75. The number of carbonyl (C=O) groups excluding carboxylic acids is 2. The van der Waals surface area contributed by atoms with Crippen LogP contribution in [0.3, 0.4) is 0 Å². The Morgan fingerprint density at radius 2 is 1.90 bits per heavy atom. The van der Waals surface area contributed by atoms with Crippen LogP contribution in [0.1, 0.15) is 38.5 Å². The fourth-order valence-electron chi connectivity index (χ4n) is 3.20. The average Bonchev–Trinajstić information content (AvgIpc) is 2.74. The molecule has 2 aliphatic rings. The molecule has 1 heterocycles. The molecule has 3 rings (SSSR count). The number of hydrogen-bond donors (Lipinski definition) is 1. The quantitative estimate of drug-likeness (QED) is 0.852. The molecule has 0 radical (unpaired) electrons. The normalized spacial score (nSPS) is 23.9. The number of benzene rings is 1. The summed E-state index contributed by atoms with van der Waals surface area (Å²) in [7, 11) is 0. The molecular weight excluding hydrogens is 332 g/mol. The summed E-state index contributed by atoms with van der Waals surface area (Å²) in [5.41, 5.74) is 0.646.